The number of nitrogens with one attached hydrogen (secondary N) is 2. The van der Waals surface area contributed by atoms with Crippen molar-refractivity contribution in [2.75, 3.05) is 0 Å². The normalized spacial score (nSPS) is 11.5. The van der Waals surface area contributed by atoms with Gasteiger partial charge in [0.1, 0.15) is 0 Å². The van der Waals surface area contributed by atoms with Gasteiger partial charge in [0.25, 0.3) is 0 Å². The van der Waals surface area contributed by atoms with Crippen LogP contribution in [0, 0.1) is 6.92 Å². The van der Waals surface area contributed by atoms with Crippen molar-refractivity contribution in [3.8, 4) is 5.75 Å². The molecule has 3 N–H and O–H groups in total. The number of benzene rings is 1. The molecule has 3 rings (SSSR count). The van der Waals surface area contributed by atoms with E-state index in [2.05, 4.69) is 25.4 Å². The zero-order valence-corrected chi connectivity index (χ0v) is 12.2. The molecule has 0 saturated heterocycles. The zero-order chi connectivity index (χ0) is 15.7. The van der Waals surface area contributed by atoms with Gasteiger partial charge >= 0.3 is 5.91 Å². The summed E-state index contributed by atoms with van der Waals surface area (Å²) >= 11 is 0. The van der Waals surface area contributed by atoms with Crippen LogP contribution in [0.25, 0.3) is 10.9 Å². The molecule has 2 heterocycles. The summed E-state index contributed by atoms with van der Waals surface area (Å²) in [5.41, 5.74) is 2.64. The van der Waals surface area contributed by atoms with Gasteiger partial charge in [0, 0.05) is 16.6 Å². The van der Waals surface area contributed by atoms with Crippen LogP contribution in [0.3, 0.4) is 0 Å². The van der Waals surface area contributed by atoms with Crippen molar-refractivity contribution < 1.29 is 9.90 Å². The third-order valence-electron chi connectivity index (χ3n) is 3.57. The lowest BCUT2D eigenvalue weighted by Gasteiger charge is -1.93. The van der Waals surface area contributed by atoms with E-state index in [1.165, 1.54) is 0 Å². The van der Waals surface area contributed by atoms with E-state index in [-0.39, 0.29) is 17.3 Å². The van der Waals surface area contributed by atoms with Crippen molar-refractivity contribution in [3.05, 3.63) is 41.2 Å². The fraction of sp³-hybridized carbons (Fsp3) is 0.200. The van der Waals surface area contributed by atoms with Crippen LogP contribution in [0.15, 0.2) is 34.5 Å². The van der Waals surface area contributed by atoms with Gasteiger partial charge in [-0.25, -0.2) is 0 Å². The second kappa shape index (κ2) is 5.44. The van der Waals surface area contributed by atoms with E-state index in [1.807, 2.05) is 19.9 Å². The Balaban J connectivity index is 1.90. The maximum atomic E-state index is 12.1. The van der Waals surface area contributed by atoms with E-state index in [0.29, 0.717) is 5.39 Å². The Morgan fingerprint density at radius 3 is 2.82 bits per heavy atom. The Bertz CT molecular complexity index is 875. The van der Waals surface area contributed by atoms with Gasteiger partial charge in [-0.1, -0.05) is 19.1 Å². The molecule has 112 valence electrons. The highest BCUT2D eigenvalue weighted by Gasteiger charge is 2.16. The lowest BCUT2D eigenvalue weighted by Crippen LogP contribution is -1.97. The van der Waals surface area contributed by atoms with E-state index in [0.717, 1.165) is 23.2 Å². The Labute approximate surface area is 126 Å². The number of hydrogen-bond donors (Lipinski definition) is 3. The highest BCUT2D eigenvalue weighted by atomic mass is 16.3. The number of carbonyl (C=O) groups excluding carboxylic acids is 1. The number of aromatic amines is 2. The van der Waals surface area contributed by atoms with Crippen molar-refractivity contribution in [1.29, 1.82) is 0 Å². The summed E-state index contributed by atoms with van der Waals surface area (Å²) in [4.78, 5) is 15.0. The zero-order valence-electron chi connectivity index (χ0n) is 12.2. The Morgan fingerprint density at radius 1 is 1.36 bits per heavy atom. The average Bonchev–Trinajstić information content (AvgIpc) is 3.06. The van der Waals surface area contributed by atoms with Gasteiger partial charge in [0.2, 0.25) is 0 Å². The molecule has 0 radical (unpaired) electrons. The number of azo groups is 1. The number of H-pyrrole nitrogens is 2. The summed E-state index contributed by atoms with van der Waals surface area (Å²) in [6, 6.07) is 7.21. The number of amides is 1. The molecule has 22 heavy (non-hydrogen) atoms. The van der Waals surface area contributed by atoms with E-state index < -0.39 is 5.91 Å². The number of aryl methyl sites for hydroxylation is 1. The molecule has 7 nitrogen and oxygen atoms in total. The number of rotatable bonds is 3. The van der Waals surface area contributed by atoms with Crippen LogP contribution in [0.1, 0.15) is 28.7 Å². The predicted octanol–water partition coefficient (Wildman–Crippen LogP) is 3.39. The summed E-state index contributed by atoms with van der Waals surface area (Å²) in [5.74, 6) is -0.426. The van der Waals surface area contributed by atoms with Gasteiger partial charge in [-0.05, 0) is 25.5 Å². The summed E-state index contributed by atoms with van der Waals surface area (Å²) in [5, 5.41) is 24.9. The van der Waals surface area contributed by atoms with Crippen LogP contribution in [-0.2, 0) is 6.42 Å². The fourth-order valence-electron chi connectivity index (χ4n) is 2.31. The molecule has 1 amide bonds. The maximum Gasteiger partial charge on any atom is 0.316 e. The fourth-order valence-corrected chi connectivity index (χ4v) is 2.31. The molecule has 0 aliphatic carbocycles. The first-order chi connectivity index (χ1) is 10.6. The predicted molar refractivity (Wildman–Crippen MR) is 81.5 cm³/mol. The van der Waals surface area contributed by atoms with E-state index in [1.54, 1.807) is 18.2 Å². The quantitative estimate of drug-likeness (QED) is 0.645. The second-order valence-electron chi connectivity index (χ2n) is 4.90. The molecule has 0 saturated carbocycles. The molecule has 3 aromatic rings. The number of para-hydroxylation sites is 1. The van der Waals surface area contributed by atoms with E-state index in [9.17, 15) is 9.90 Å². The van der Waals surface area contributed by atoms with Crippen LogP contribution in [0.2, 0.25) is 0 Å². The highest BCUT2D eigenvalue weighted by Crippen LogP contribution is 2.34. The Hall–Kier alpha value is -2.96. The topological polar surface area (TPSA) is 106 Å². The second-order valence-corrected chi connectivity index (χ2v) is 4.90. The molecule has 0 fully saturated rings. The smallest absolute Gasteiger partial charge is 0.316 e. The van der Waals surface area contributed by atoms with Crippen molar-refractivity contribution in [1.82, 2.24) is 15.2 Å². The summed E-state index contributed by atoms with van der Waals surface area (Å²) < 4.78 is 0. The molecule has 1 aromatic carbocycles. The lowest BCUT2D eigenvalue weighted by molar-refractivity contribution is 0.0989. The minimum Gasteiger partial charge on any atom is -0.504 e. The van der Waals surface area contributed by atoms with Crippen LogP contribution >= 0.6 is 0 Å². The van der Waals surface area contributed by atoms with Crippen molar-refractivity contribution >= 4 is 22.6 Å². The molecule has 0 aliphatic rings. The van der Waals surface area contributed by atoms with Crippen molar-refractivity contribution in [2.24, 2.45) is 10.2 Å². The molecule has 2 aromatic heterocycles. The van der Waals surface area contributed by atoms with Gasteiger partial charge in [-0.3, -0.25) is 9.89 Å². The molecule has 7 heteroatoms. The molecular weight excluding hydrogens is 282 g/mol. The van der Waals surface area contributed by atoms with Gasteiger partial charge in [-0.2, -0.15) is 5.10 Å². The van der Waals surface area contributed by atoms with Crippen molar-refractivity contribution in [3.63, 3.8) is 0 Å². The van der Waals surface area contributed by atoms with Crippen LogP contribution in [0.4, 0.5) is 5.82 Å². The van der Waals surface area contributed by atoms with Crippen LogP contribution in [-0.4, -0.2) is 26.2 Å². The SMILES string of the molecule is CCc1[nH]nc(C(=O)N=Nc2[nH]c3ccccc3c2O)c1C. The number of aromatic nitrogens is 3. The Kier molecular flexibility index (Phi) is 3.46. The molecule has 0 unspecified atom stereocenters. The van der Waals surface area contributed by atoms with Gasteiger partial charge in [-0.15, -0.1) is 10.2 Å². The molecule has 0 bridgehead atoms. The summed E-state index contributed by atoms with van der Waals surface area (Å²) in [6.07, 6.45) is 0.756. The van der Waals surface area contributed by atoms with Crippen LogP contribution in [0.5, 0.6) is 5.75 Å². The third-order valence-corrected chi connectivity index (χ3v) is 3.57. The molecule has 0 spiro atoms. The number of carbonyl (C=O) groups is 1. The summed E-state index contributed by atoms with van der Waals surface area (Å²) in [6.45, 7) is 3.78. The first-order valence-corrected chi connectivity index (χ1v) is 6.91. The molecular formula is C15H15N5O2. The molecule has 0 aliphatic heterocycles. The third kappa shape index (κ3) is 2.26. The monoisotopic (exact) mass is 297 g/mol. The highest BCUT2D eigenvalue weighted by molar-refractivity contribution is 5.95. The van der Waals surface area contributed by atoms with E-state index in [4.69, 9.17) is 0 Å². The number of hydrogen-bond acceptors (Lipinski definition) is 4. The largest absolute Gasteiger partial charge is 0.504 e. The number of aromatic hydroxyl groups is 1. The average molecular weight is 297 g/mol. The van der Waals surface area contributed by atoms with Crippen molar-refractivity contribution in [2.45, 2.75) is 20.3 Å². The minimum absolute atomic E-state index is 0.0276. The van der Waals surface area contributed by atoms with E-state index >= 15 is 0 Å². The standard InChI is InChI=1S/C15H15N5O2/c1-3-10-8(2)12(18-17-10)15(22)20-19-14-13(21)9-6-4-5-7-11(9)16-14/h4-7,16,21H,3H2,1-2H3,(H,17,18). The van der Waals surface area contributed by atoms with Gasteiger partial charge in [0.15, 0.2) is 17.3 Å². The first-order valence-electron chi connectivity index (χ1n) is 6.91. The number of fused-ring (bicyclic) bond motifs is 1. The minimum atomic E-state index is -0.550. The lowest BCUT2D eigenvalue weighted by atomic mass is 10.2. The first kappa shape index (κ1) is 14.0. The Morgan fingerprint density at radius 2 is 2.14 bits per heavy atom. The van der Waals surface area contributed by atoms with Gasteiger partial charge in [0.05, 0.1) is 5.52 Å². The van der Waals surface area contributed by atoms with Crippen LogP contribution < -0.4 is 0 Å². The van der Waals surface area contributed by atoms with Gasteiger partial charge < -0.3 is 10.1 Å². The summed E-state index contributed by atoms with van der Waals surface area (Å²) in [7, 11) is 0. The molecule has 0 atom stereocenters. The number of nitrogens with zero attached hydrogens (tertiary/aromatic N) is 3. The maximum absolute atomic E-state index is 12.1.